The van der Waals surface area contributed by atoms with Gasteiger partial charge in [-0.15, -0.1) is 0 Å². The maximum Gasteiger partial charge on any atom is 0.144 e. The molecule has 3 rings (SSSR count). The first-order valence-electron chi connectivity index (χ1n) is 7.19. The average molecular weight is 345 g/mol. The molecule has 2 fully saturated rings. The highest BCUT2D eigenvalue weighted by Crippen LogP contribution is 2.33. The lowest BCUT2D eigenvalue weighted by molar-refractivity contribution is 0.126. The van der Waals surface area contributed by atoms with Crippen molar-refractivity contribution in [2.24, 2.45) is 0 Å². The Morgan fingerprint density at radius 3 is 2.75 bits per heavy atom. The topological polar surface area (TPSA) is 15.3 Å². The molecule has 1 aromatic rings. The number of nitrogens with one attached hydrogen (secondary N) is 1. The fraction of sp³-hybridized carbons (Fsp3) is 0.600. The van der Waals surface area contributed by atoms with Crippen molar-refractivity contribution in [3.8, 4) is 0 Å². The Hall–Kier alpha value is -0.520. The number of hydrogen-bond acceptors (Lipinski definition) is 2. The molecule has 0 atom stereocenters. The zero-order valence-corrected chi connectivity index (χ0v) is 13.0. The summed E-state index contributed by atoms with van der Waals surface area (Å²) in [4.78, 5) is 2.18. The summed E-state index contributed by atoms with van der Waals surface area (Å²) in [6, 6.07) is 2.75. The van der Waals surface area contributed by atoms with Gasteiger partial charge in [-0.1, -0.05) is 12.8 Å². The SMILES string of the molecule is Fc1ccc(Br)c(F)c1CN1CCNC2(CCCC2)C1. The van der Waals surface area contributed by atoms with Crippen LogP contribution in [0.4, 0.5) is 8.78 Å². The third kappa shape index (κ3) is 2.76. The Kier molecular flexibility index (Phi) is 4.11. The van der Waals surface area contributed by atoms with E-state index in [9.17, 15) is 8.78 Å². The Labute approximate surface area is 126 Å². The van der Waals surface area contributed by atoms with E-state index in [0.29, 0.717) is 11.0 Å². The van der Waals surface area contributed by atoms with Gasteiger partial charge in [-0.25, -0.2) is 8.78 Å². The molecule has 1 aliphatic heterocycles. The smallest absolute Gasteiger partial charge is 0.144 e. The molecule has 1 spiro atoms. The first-order chi connectivity index (χ1) is 9.60. The molecule has 1 heterocycles. The van der Waals surface area contributed by atoms with Crippen LogP contribution in [0.15, 0.2) is 16.6 Å². The van der Waals surface area contributed by atoms with Gasteiger partial charge in [0.1, 0.15) is 11.6 Å². The molecule has 1 N–H and O–H groups in total. The van der Waals surface area contributed by atoms with E-state index in [-0.39, 0.29) is 11.1 Å². The molecule has 1 saturated heterocycles. The molecule has 1 aliphatic carbocycles. The molecule has 1 aromatic carbocycles. The highest BCUT2D eigenvalue weighted by atomic mass is 79.9. The van der Waals surface area contributed by atoms with E-state index in [1.807, 2.05) is 0 Å². The number of halogens is 3. The standard InChI is InChI=1S/C15H19BrF2N2/c16-12-3-4-13(17)11(14(12)18)9-20-8-7-19-15(10-20)5-1-2-6-15/h3-4,19H,1-2,5-10H2. The summed E-state index contributed by atoms with van der Waals surface area (Å²) in [6.45, 7) is 2.98. The Morgan fingerprint density at radius 1 is 1.25 bits per heavy atom. The summed E-state index contributed by atoms with van der Waals surface area (Å²) in [6.07, 6.45) is 4.85. The lowest BCUT2D eigenvalue weighted by atomic mass is 9.94. The van der Waals surface area contributed by atoms with Gasteiger partial charge in [0.25, 0.3) is 0 Å². The third-order valence-corrected chi connectivity index (χ3v) is 5.15. The molecule has 0 radical (unpaired) electrons. The fourth-order valence-electron chi connectivity index (χ4n) is 3.50. The monoisotopic (exact) mass is 344 g/mol. The maximum atomic E-state index is 14.1. The van der Waals surface area contributed by atoms with Crippen LogP contribution in [0.1, 0.15) is 31.2 Å². The predicted octanol–water partition coefficient (Wildman–Crippen LogP) is 3.45. The first-order valence-corrected chi connectivity index (χ1v) is 7.99. The summed E-state index contributed by atoms with van der Waals surface area (Å²) >= 11 is 3.13. The van der Waals surface area contributed by atoms with Crippen molar-refractivity contribution in [3.05, 3.63) is 33.8 Å². The molecule has 0 unspecified atom stereocenters. The zero-order valence-electron chi connectivity index (χ0n) is 11.4. The summed E-state index contributed by atoms with van der Waals surface area (Å²) in [5.41, 5.74) is 0.353. The zero-order chi connectivity index (χ0) is 14.2. The Balaban J connectivity index is 1.76. The van der Waals surface area contributed by atoms with Crippen molar-refractivity contribution in [2.45, 2.75) is 37.8 Å². The Bertz CT molecular complexity index is 501. The van der Waals surface area contributed by atoms with Crippen LogP contribution >= 0.6 is 15.9 Å². The molecule has 20 heavy (non-hydrogen) atoms. The molecular weight excluding hydrogens is 326 g/mol. The van der Waals surface area contributed by atoms with Gasteiger partial charge < -0.3 is 5.32 Å². The largest absolute Gasteiger partial charge is 0.309 e. The average Bonchev–Trinajstić information content (AvgIpc) is 2.87. The molecule has 1 saturated carbocycles. The van der Waals surface area contributed by atoms with Gasteiger partial charge in [-0.2, -0.15) is 0 Å². The minimum atomic E-state index is -0.469. The molecule has 110 valence electrons. The van der Waals surface area contributed by atoms with E-state index in [2.05, 4.69) is 26.1 Å². The van der Waals surface area contributed by atoms with Crippen LogP contribution in [-0.4, -0.2) is 30.1 Å². The van der Waals surface area contributed by atoms with E-state index in [1.165, 1.54) is 37.8 Å². The number of rotatable bonds is 2. The number of nitrogens with zero attached hydrogens (tertiary/aromatic N) is 1. The second-order valence-electron chi connectivity index (χ2n) is 5.95. The van der Waals surface area contributed by atoms with Crippen molar-refractivity contribution >= 4 is 15.9 Å². The lowest BCUT2D eigenvalue weighted by Gasteiger charge is -2.41. The number of piperazine rings is 1. The van der Waals surface area contributed by atoms with Crippen molar-refractivity contribution in [3.63, 3.8) is 0 Å². The Morgan fingerprint density at radius 2 is 2.00 bits per heavy atom. The van der Waals surface area contributed by atoms with Crippen LogP contribution in [0.25, 0.3) is 0 Å². The number of hydrogen-bond donors (Lipinski definition) is 1. The van der Waals surface area contributed by atoms with Crippen LogP contribution in [0.3, 0.4) is 0 Å². The quantitative estimate of drug-likeness (QED) is 0.826. The predicted molar refractivity (Wildman–Crippen MR) is 78.5 cm³/mol. The van der Waals surface area contributed by atoms with Crippen LogP contribution in [0.2, 0.25) is 0 Å². The normalized spacial score (nSPS) is 22.6. The summed E-state index contributed by atoms with van der Waals surface area (Å²) in [5.74, 6) is -0.922. The van der Waals surface area contributed by atoms with E-state index in [4.69, 9.17) is 0 Å². The van der Waals surface area contributed by atoms with Crippen molar-refractivity contribution < 1.29 is 8.78 Å². The van der Waals surface area contributed by atoms with Crippen LogP contribution in [0.5, 0.6) is 0 Å². The van der Waals surface area contributed by atoms with Crippen molar-refractivity contribution in [2.75, 3.05) is 19.6 Å². The van der Waals surface area contributed by atoms with E-state index in [0.717, 1.165) is 19.6 Å². The fourth-order valence-corrected chi connectivity index (χ4v) is 3.87. The second kappa shape index (κ2) is 5.70. The molecule has 0 aromatic heterocycles. The van der Waals surface area contributed by atoms with Gasteiger partial charge in [0.15, 0.2) is 0 Å². The summed E-state index contributed by atoms with van der Waals surface area (Å²) < 4.78 is 28.2. The highest BCUT2D eigenvalue weighted by molar-refractivity contribution is 9.10. The number of benzene rings is 1. The van der Waals surface area contributed by atoms with Gasteiger partial charge in [-0.05, 0) is 40.9 Å². The van der Waals surface area contributed by atoms with E-state index in [1.54, 1.807) is 0 Å². The molecule has 2 nitrogen and oxygen atoms in total. The van der Waals surface area contributed by atoms with Gasteiger partial charge in [0.2, 0.25) is 0 Å². The van der Waals surface area contributed by atoms with Crippen molar-refractivity contribution in [1.82, 2.24) is 10.2 Å². The van der Waals surface area contributed by atoms with Crippen molar-refractivity contribution in [1.29, 1.82) is 0 Å². The van der Waals surface area contributed by atoms with Gasteiger partial charge >= 0.3 is 0 Å². The van der Waals surface area contributed by atoms with Crippen LogP contribution < -0.4 is 5.32 Å². The minimum Gasteiger partial charge on any atom is -0.309 e. The van der Waals surface area contributed by atoms with Gasteiger partial charge in [-0.3, -0.25) is 4.90 Å². The lowest BCUT2D eigenvalue weighted by Crippen LogP contribution is -2.58. The molecule has 0 amide bonds. The highest BCUT2D eigenvalue weighted by Gasteiger charge is 2.37. The maximum absolute atomic E-state index is 14.1. The molecule has 2 aliphatic rings. The van der Waals surface area contributed by atoms with Crippen LogP contribution in [-0.2, 0) is 6.54 Å². The minimum absolute atomic E-state index is 0.175. The van der Waals surface area contributed by atoms with Gasteiger partial charge in [0, 0.05) is 37.3 Å². The molecular formula is C15H19BrF2N2. The van der Waals surface area contributed by atoms with Gasteiger partial charge in [0.05, 0.1) is 4.47 Å². The third-order valence-electron chi connectivity index (χ3n) is 4.54. The molecule has 5 heteroatoms. The van der Waals surface area contributed by atoms with E-state index < -0.39 is 11.6 Å². The van der Waals surface area contributed by atoms with Crippen LogP contribution in [0, 0.1) is 11.6 Å². The van der Waals surface area contributed by atoms with E-state index >= 15 is 0 Å². The molecule has 0 bridgehead atoms. The second-order valence-corrected chi connectivity index (χ2v) is 6.80. The summed E-state index contributed by atoms with van der Waals surface area (Å²) in [5, 5.41) is 3.61. The summed E-state index contributed by atoms with van der Waals surface area (Å²) in [7, 11) is 0. The first kappa shape index (κ1) is 14.4.